The highest BCUT2D eigenvalue weighted by atomic mass is 15.1. The van der Waals surface area contributed by atoms with Crippen molar-refractivity contribution in [3.05, 3.63) is 0 Å². The van der Waals surface area contributed by atoms with Crippen LogP contribution in [0.1, 0.15) is 40.5 Å². The Hall–Kier alpha value is -0.480. The predicted molar refractivity (Wildman–Crippen MR) is 64.2 cm³/mol. The Kier molecular flexibility index (Phi) is 5.23. The van der Waals surface area contributed by atoms with Crippen molar-refractivity contribution >= 4 is 0 Å². The maximum absolute atomic E-state index is 5.49. The van der Waals surface area contributed by atoms with E-state index in [1.165, 1.54) is 6.42 Å². The maximum Gasteiger partial charge on any atom is 0.0709 e. The minimum atomic E-state index is 0.285. The van der Waals surface area contributed by atoms with E-state index in [2.05, 4.69) is 38.5 Å². The van der Waals surface area contributed by atoms with E-state index in [9.17, 15) is 0 Å². The molecule has 1 nitrogen and oxygen atoms in total. The van der Waals surface area contributed by atoms with E-state index in [0.29, 0.717) is 11.3 Å². The molecule has 0 aliphatic rings. The Balaban J connectivity index is 4.05. The maximum atomic E-state index is 5.49. The normalized spacial score (nSPS) is 16.4. The van der Waals surface area contributed by atoms with Crippen LogP contribution < -0.4 is 0 Å². The van der Waals surface area contributed by atoms with Gasteiger partial charge in [0.1, 0.15) is 0 Å². The highest BCUT2D eigenvalue weighted by Crippen LogP contribution is 2.27. The molecule has 0 spiro atoms. The zero-order valence-electron chi connectivity index (χ0n) is 10.6. The fraction of sp³-hybridized carbons (Fsp3) is 0.846. The third-order valence-electron chi connectivity index (χ3n) is 2.40. The van der Waals surface area contributed by atoms with Crippen LogP contribution in [0.4, 0.5) is 0 Å². The summed E-state index contributed by atoms with van der Waals surface area (Å²) in [6, 6.07) is 0.285. The van der Waals surface area contributed by atoms with Gasteiger partial charge < -0.3 is 0 Å². The lowest BCUT2D eigenvalue weighted by Gasteiger charge is -2.27. The first-order valence-corrected chi connectivity index (χ1v) is 5.39. The lowest BCUT2D eigenvalue weighted by atomic mass is 9.83. The van der Waals surface area contributed by atoms with Gasteiger partial charge in [0.05, 0.1) is 6.04 Å². The summed E-state index contributed by atoms with van der Waals surface area (Å²) in [6.07, 6.45) is 7.83. The Morgan fingerprint density at radius 3 is 2.07 bits per heavy atom. The summed E-state index contributed by atoms with van der Waals surface area (Å²) in [4.78, 5) is 2.12. The third-order valence-corrected chi connectivity index (χ3v) is 2.40. The first-order valence-electron chi connectivity index (χ1n) is 5.39. The SMILES string of the molecule is C#CC(CC(C)CC(C)(C)C)N(C)C. The van der Waals surface area contributed by atoms with Gasteiger partial charge in [0, 0.05) is 0 Å². The van der Waals surface area contributed by atoms with Gasteiger partial charge in [0.15, 0.2) is 0 Å². The molecule has 0 aromatic rings. The summed E-state index contributed by atoms with van der Waals surface area (Å²) in [7, 11) is 4.10. The second-order valence-corrected chi connectivity index (χ2v) is 5.75. The summed E-state index contributed by atoms with van der Waals surface area (Å²) in [5.41, 5.74) is 0.408. The van der Waals surface area contributed by atoms with Crippen molar-refractivity contribution in [2.75, 3.05) is 14.1 Å². The number of nitrogens with zero attached hydrogens (tertiary/aromatic N) is 1. The number of hydrogen-bond donors (Lipinski definition) is 0. The van der Waals surface area contributed by atoms with Gasteiger partial charge >= 0.3 is 0 Å². The van der Waals surface area contributed by atoms with Gasteiger partial charge in [0.2, 0.25) is 0 Å². The van der Waals surface area contributed by atoms with Crippen LogP contribution in [0.3, 0.4) is 0 Å². The van der Waals surface area contributed by atoms with E-state index in [1.54, 1.807) is 0 Å². The summed E-state index contributed by atoms with van der Waals surface area (Å²) in [5, 5.41) is 0. The Morgan fingerprint density at radius 2 is 1.79 bits per heavy atom. The minimum absolute atomic E-state index is 0.285. The molecule has 0 saturated carbocycles. The minimum Gasteiger partial charge on any atom is -0.296 e. The largest absolute Gasteiger partial charge is 0.296 e. The van der Waals surface area contributed by atoms with Crippen molar-refractivity contribution < 1.29 is 0 Å². The fourth-order valence-electron chi connectivity index (χ4n) is 1.94. The Morgan fingerprint density at radius 1 is 1.29 bits per heavy atom. The average Bonchev–Trinajstić information content (AvgIpc) is 1.96. The molecule has 2 atom stereocenters. The summed E-state index contributed by atoms with van der Waals surface area (Å²) < 4.78 is 0. The zero-order valence-corrected chi connectivity index (χ0v) is 10.6. The molecule has 0 bridgehead atoms. The van der Waals surface area contributed by atoms with Crippen LogP contribution in [0.25, 0.3) is 0 Å². The van der Waals surface area contributed by atoms with E-state index in [4.69, 9.17) is 6.42 Å². The van der Waals surface area contributed by atoms with Crippen LogP contribution in [0.2, 0.25) is 0 Å². The molecule has 0 fully saturated rings. The molecule has 0 aliphatic heterocycles. The van der Waals surface area contributed by atoms with Crippen LogP contribution in [0, 0.1) is 23.7 Å². The molecule has 0 aromatic heterocycles. The number of hydrogen-bond acceptors (Lipinski definition) is 1. The molecule has 0 aliphatic carbocycles. The molecular formula is C13H25N. The van der Waals surface area contributed by atoms with E-state index in [1.807, 2.05) is 14.1 Å². The zero-order chi connectivity index (χ0) is 11.4. The second kappa shape index (κ2) is 5.41. The van der Waals surface area contributed by atoms with Gasteiger partial charge in [-0.2, -0.15) is 0 Å². The standard InChI is InChI=1S/C13H25N/c1-8-12(14(6)7)9-11(2)10-13(3,4)5/h1,11-12H,9-10H2,2-7H3. The fourth-order valence-corrected chi connectivity index (χ4v) is 1.94. The molecule has 0 radical (unpaired) electrons. The van der Waals surface area contributed by atoms with E-state index in [-0.39, 0.29) is 6.04 Å². The number of terminal acetylenes is 1. The molecule has 1 heteroatoms. The van der Waals surface area contributed by atoms with Gasteiger partial charge in [0.25, 0.3) is 0 Å². The Labute approximate surface area is 89.9 Å². The van der Waals surface area contributed by atoms with Crippen molar-refractivity contribution in [2.45, 2.75) is 46.6 Å². The third kappa shape index (κ3) is 6.05. The van der Waals surface area contributed by atoms with Crippen molar-refractivity contribution in [1.82, 2.24) is 4.90 Å². The molecule has 0 N–H and O–H groups in total. The Bertz CT molecular complexity index is 192. The van der Waals surface area contributed by atoms with Gasteiger partial charge in [-0.15, -0.1) is 6.42 Å². The van der Waals surface area contributed by atoms with Crippen LogP contribution in [0.15, 0.2) is 0 Å². The predicted octanol–water partition coefficient (Wildman–Crippen LogP) is 3.01. The smallest absolute Gasteiger partial charge is 0.0709 e. The lowest BCUT2D eigenvalue weighted by Crippen LogP contribution is -2.29. The highest BCUT2D eigenvalue weighted by molar-refractivity contribution is 4.99. The van der Waals surface area contributed by atoms with Crippen LogP contribution in [0.5, 0.6) is 0 Å². The molecule has 0 amide bonds. The summed E-state index contributed by atoms with van der Waals surface area (Å²) in [5.74, 6) is 3.54. The molecular weight excluding hydrogens is 170 g/mol. The molecule has 0 aromatic carbocycles. The highest BCUT2D eigenvalue weighted by Gasteiger charge is 2.18. The molecule has 0 heterocycles. The summed E-state index contributed by atoms with van der Waals surface area (Å²) in [6.45, 7) is 9.14. The first-order chi connectivity index (χ1) is 6.26. The van der Waals surface area contributed by atoms with Gasteiger partial charge in [-0.3, -0.25) is 4.90 Å². The number of rotatable bonds is 4. The lowest BCUT2D eigenvalue weighted by molar-refractivity contribution is 0.246. The topological polar surface area (TPSA) is 3.24 Å². The van der Waals surface area contributed by atoms with E-state index >= 15 is 0 Å². The molecule has 14 heavy (non-hydrogen) atoms. The molecule has 0 rings (SSSR count). The van der Waals surface area contributed by atoms with Crippen LogP contribution in [-0.2, 0) is 0 Å². The average molecular weight is 195 g/mol. The molecule has 2 unspecified atom stereocenters. The van der Waals surface area contributed by atoms with Gasteiger partial charge in [-0.05, 0) is 38.3 Å². The first kappa shape index (κ1) is 13.5. The van der Waals surface area contributed by atoms with Crippen molar-refractivity contribution in [3.63, 3.8) is 0 Å². The van der Waals surface area contributed by atoms with Gasteiger partial charge in [-0.25, -0.2) is 0 Å². The summed E-state index contributed by atoms with van der Waals surface area (Å²) >= 11 is 0. The molecule has 82 valence electrons. The van der Waals surface area contributed by atoms with Crippen LogP contribution in [-0.4, -0.2) is 25.0 Å². The van der Waals surface area contributed by atoms with Crippen molar-refractivity contribution in [3.8, 4) is 12.3 Å². The molecule has 0 saturated heterocycles. The second-order valence-electron chi connectivity index (χ2n) is 5.75. The quantitative estimate of drug-likeness (QED) is 0.623. The van der Waals surface area contributed by atoms with Gasteiger partial charge in [-0.1, -0.05) is 33.6 Å². The van der Waals surface area contributed by atoms with E-state index in [0.717, 1.165) is 6.42 Å². The monoisotopic (exact) mass is 195 g/mol. The van der Waals surface area contributed by atoms with Crippen molar-refractivity contribution in [1.29, 1.82) is 0 Å². The van der Waals surface area contributed by atoms with Crippen LogP contribution >= 0.6 is 0 Å². The van der Waals surface area contributed by atoms with Crippen molar-refractivity contribution in [2.24, 2.45) is 11.3 Å². The van der Waals surface area contributed by atoms with E-state index < -0.39 is 0 Å².